The molecule has 0 saturated heterocycles. The van der Waals surface area contributed by atoms with Gasteiger partial charge in [-0.15, -0.1) is 0 Å². The van der Waals surface area contributed by atoms with E-state index in [9.17, 15) is 5.11 Å². The van der Waals surface area contributed by atoms with E-state index in [2.05, 4.69) is 4.98 Å². The molecule has 1 N–H and O–H groups in total. The summed E-state index contributed by atoms with van der Waals surface area (Å²) >= 11 is 0. The molecule has 0 unspecified atom stereocenters. The number of hydrogen-bond acceptors (Lipinski definition) is 3. The Morgan fingerprint density at radius 1 is 0.897 bits per heavy atom. The molecule has 2 aromatic heterocycles. The number of phenolic OH excluding ortho intramolecular Hbond substituents is 1. The van der Waals surface area contributed by atoms with E-state index in [0.29, 0.717) is 17.0 Å². The Morgan fingerprint density at radius 2 is 1.69 bits per heavy atom. The number of aromatic nitrogens is 3. The summed E-state index contributed by atoms with van der Waals surface area (Å²) in [6, 6.07) is 19.5. The van der Waals surface area contributed by atoms with E-state index in [1.54, 1.807) is 18.2 Å². The minimum atomic E-state index is -0.352. The predicted octanol–water partition coefficient (Wildman–Crippen LogP) is 5.67. The average Bonchev–Trinajstić information content (AvgIpc) is 3.17. The van der Waals surface area contributed by atoms with Crippen LogP contribution in [0.1, 0.15) is 5.48 Å². The van der Waals surface area contributed by atoms with Crippen LogP contribution in [0.2, 0.25) is 0 Å². The minimum absolute atomic E-state index is 0.156. The molecule has 0 fully saturated rings. The fraction of sp³-hybridized carbons (Fsp3) is 0.0400. The molecular weight excluding hydrogens is 358 g/mol. The van der Waals surface area contributed by atoms with Gasteiger partial charge in [0.1, 0.15) is 11.6 Å². The molecule has 0 bridgehead atoms. The predicted molar refractivity (Wildman–Crippen MR) is 116 cm³/mol. The number of benzene rings is 3. The molecule has 0 radical (unpaired) electrons. The van der Waals surface area contributed by atoms with Gasteiger partial charge in [-0.2, -0.15) is 0 Å². The Balaban J connectivity index is 1.69. The van der Waals surface area contributed by atoms with Crippen LogP contribution in [0.3, 0.4) is 0 Å². The number of fused-ring (bicyclic) bond motifs is 1. The molecule has 5 rings (SSSR count). The van der Waals surface area contributed by atoms with Crippen LogP contribution in [-0.2, 0) is 7.05 Å². The Hall–Kier alpha value is -3.92. The Bertz CT molecular complexity index is 1550. The molecule has 0 spiro atoms. The molecule has 2 heterocycles. The van der Waals surface area contributed by atoms with Crippen LogP contribution < -0.4 is 0 Å². The van der Waals surface area contributed by atoms with Crippen LogP contribution in [0.25, 0.3) is 44.8 Å². The fourth-order valence-electron chi connectivity index (χ4n) is 3.55. The van der Waals surface area contributed by atoms with Crippen molar-refractivity contribution < 1.29 is 10.6 Å². The summed E-state index contributed by atoms with van der Waals surface area (Å²) in [6.07, 6.45) is -0.324. The summed E-state index contributed by atoms with van der Waals surface area (Å²) in [5, 5.41) is 10.3. The number of phenols is 1. The summed E-state index contributed by atoms with van der Waals surface area (Å²) in [5.41, 5.74) is 4.80. The Kier molecular flexibility index (Phi) is 3.17. The van der Waals surface area contributed by atoms with Crippen LogP contribution >= 0.6 is 0 Å². The van der Waals surface area contributed by atoms with Crippen LogP contribution in [-0.4, -0.2) is 19.6 Å². The van der Waals surface area contributed by atoms with Gasteiger partial charge < -0.3 is 9.67 Å². The lowest BCUT2D eigenvalue weighted by Gasteiger charge is -2.06. The molecule has 3 aromatic carbocycles. The molecular formula is C25H19N3O. The first-order valence-corrected chi connectivity index (χ1v) is 9.16. The van der Waals surface area contributed by atoms with Crippen molar-refractivity contribution >= 4 is 11.0 Å². The standard InChI is InChI=1S/C25H19N3O/c1-28-22-13-7-11-19(24(22)27-25(28)20-10-2-3-14-23(20)29)17-8-6-9-18(16-17)21-12-4-5-15-26-21/h2-16,29H,1H3/i4D,5D,12D,15D. The number of imidazole rings is 1. The first-order valence-electron chi connectivity index (χ1n) is 11.2. The van der Waals surface area contributed by atoms with E-state index in [0.717, 1.165) is 22.2 Å². The van der Waals surface area contributed by atoms with Gasteiger partial charge in [0.2, 0.25) is 0 Å². The van der Waals surface area contributed by atoms with Gasteiger partial charge in [0.05, 0.1) is 27.8 Å². The molecule has 29 heavy (non-hydrogen) atoms. The third kappa shape index (κ3) is 2.95. The highest BCUT2D eigenvalue weighted by Crippen LogP contribution is 2.35. The second-order valence-electron chi connectivity index (χ2n) is 6.71. The largest absolute Gasteiger partial charge is 0.507 e. The molecule has 5 aromatic rings. The van der Waals surface area contributed by atoms with Gasteiger partial charge in [0.15, 0.2) is 0 Å². The first-order chi connectivity index (χ1) is 15.9. The Morgan fingerprint density at radius 3 is 2.59 bits per heavy atom. The fourth-order valence-corrected chi connectivity index (χ4v) is 3.55. The van der Waals surface area contributed by atoms with Crippen molar-refractivity contribution in [3.8, 4) is 39.5 Å². The highest BCUT2D eigenvalue weighted by Gasteiger charge is 2.16. The van der Waals surface area contributed by atoms with Crippen molar-refractivity contribution in [3.05, 3.63) is 91.0 Å². The number of rotatable bonds is 3. The zero-order valence-electron chi connectivity index (χ0n) is 19.6. The van der Waals surface area contributed by atoms with Gasteiger partial charge in [-0.05, 0) is 41.9 Å². The summed E-state index contributed by atoms with van der Waals surface area (Å²) in [5.74, 6) is 0.800. The van der Waals surface area contributed by atoms with Gasteiger partial charge in [0.25, 0.3) is 0 Å². The molecule has 0 aliphatic heterocycles. The van der Waals surface area contributed by atoms with E-state index < -0.39 is 0 Å². The number of hydrogen-bond donors (Lipinski definition) is 1. The maximum atomic E-state index is 10.3. The van der Waals surface area contributed by atoms with Crippen LogP contribution in [0.5, 0.6) is 5.75 Å². The topological polar surface area (TPSA) is 50.9 Å². The zero-order valence-corrected chi connectivity index (χ0v) is 15.6. The van der Waals surface area contributed by atoms with E-state index in [-0.39, 0.29) is 35.7 Å². The molecule has 0 atom stereocenters. The number of nitrogens with zero attached hydrogens (tertiary/aromatic N) is 3. The van der Waals surface area contributed by atoms with Crippen molar-refractivity contribution in [1.82, 2.24) is 14.5 Å². The number of aryl methyl sites for hydroxylation is 1. The smallest absolute Gasteiger partial charge is 0.144 e. The van der Waals surface area contributed by atoms with Crippen molar-refractivity contribution in [2.75, 3.05) is 0 Å². The quantitative estimate of drug-likeness (QED) is 0.438. The van der Waals surface area contributed by atoms with E-state index >= 15 is 0 Å². The Labute approximate surface area is 174 Å². The second-order valence-corrected chi connectivity index (χ2v) is 6.71. The van der Waals surface area contributed by atoms with E-state index in [1.165, 1.54) is 0 Å². The highest BCUT2D eigenvalue weighted by molar-refractivity contribution is 5.95. The van der Waals surface area contributed by atoms with Crippen molar-refractivity contribution in [2.24, 2.45) is 7.05 Å². The van der Waals surface area contributed by atoms with Gasteiger partial charge in [0, 0.05) is 24.3 Å². The van der Waals surface area contributed by atoms with Crippen LogP contribution in [0, 0.1) is 0 Å². The molecule has 0 aliphatic carbocycles. The summed E-state index contributed by atoms with van der Waals surface area (Å²) < 4.78 is 33.7. The average molecular weight is 381 g/mol. The van der Waals surface area contributed by atoms with E-state index in [4.69, 9.17) is 10.5 Å². The van der Waals surface area contributed by atoms with Crippen molar-refractivity contribution in [2.45, 2.75) is 0 Å². The van der Waals surface area contributed by atoms with Crippen LogP contribution in [0.4, 0.5) is 0 Å². The van der Waals surface area contributed by atoms with E-state index in [1.807, 2.05) is 60.1 Å². The third-order valence-corrected chi connectivity index (χ3v) is 4.97. The third-order valence-electron chi connectivity index (χ3n) is 4.97. The molecule has 0 amide bonds. The lowest BCUT2D eigenvalue weighted by Crippen LogP contribution is -1.92. The van der Waals surface area contributed by atoms with Crippen molar-refractivity contribution in [1.29, 1.82) is 0 Å². The number of pyridine rings is 1. The zero-order chi connectivity index (χ0) is 23.3. The molecule has 4 nitrogen and oxygen atoms in total. The minimum Gasteiger partial charge on any atom is -0.507 e. The highest BCUT2D eigenvalue weighted by atomic mass is 16.3. The molecule has 140 valence electrons. The molecule has 0 saturated carbocycles. The maximum Gasteiger partial charge on any atom is 0.144 e. The normalized spacial score (nSPS) is 13.0. The lowest BCUT2D eigenvalue weighted by molar-refractivity contribution is 0.476. The maximum absolute atomic E-state index is 10.3. The first kappa shape index (κ1) is 13.3. The van der Waals surface area contributed by atoms with Gasteiger partial charge in [-0.1, -0.05) is 48.5 Å². The number of para-hydroxylation sites is 2. The van der Waals surface area contributed by atoms with Crippen molar-refractivity contribution in [3.63, 3.8) is 0 Å². The summed E-state index contributed by atoms with van der Waals surface area (Å²) in [7, 11) is 1.90. The summed E-state index contributed by atoms with van der Waals surface area (Å²) in [6.45, 7) is 0. The SMILES string of the molecule is [2H]c1nc(-c2cccc(-c3cccc4c3nc(-c3ccccc3O)n4C)c2)c([2H])c([2H])c1[2H]. The second kappa shape index (κ2) is 6.91. The number of aromatic hydroxyl groups is 1. The van der Waals surface area contributed by atoms with Crippen LogP contribution in [0.15, 0.2) is 91.0 Å². The van der Waals surface area contributed by atoms with Gasteiger partial charge >= 0.3 is 0 Å². The summed E-state index contributed by atoms with van der Waals surface area (Å²) in [4.78, 5) is 8.94. The monoisotopic (exact) mass is 381 g/mol. The molecule has 0 aliphatic rings. The lowest BCUT2D eigenvalue weighted by atomic mass is 10.0. The molecule has 4 heteroatoms. The van der Waals surface area contributed by atoms with Gasteiger partial charge in [-0.3, -0.25) is 4.98 Å². The van der Waals surface area contributed by atoms with Gasteiger partial charge in [-0.25, -0.2) is 4.98 Å².